The summed E-state index contributed by atoms with van der Waals surface area (Å²) < 4.78 is 0. The summed E-state index contributed by atoms with van der Waals surface area (Å²) in [6.07, 6.45) is 1.10. The van der Waals surface area contributed by atoms with Crippen LogP contribution in [0.1, 0.15) is 6.92 Å². The summed E-state index contributed by atoms with van der Waals surface area (Å²) in [5.41, 5.74) is 0.594. The van der Waals surface area contributed by atoms with E-state index in [1.165, 1.54) is 11.8 Å². The van der Waals surface area contributed by atoms with Crippen LogP contribution in [0.2, 0.25) is 0 Å². The van der Waals surface area contributed by atoms with Gasteiger partial charge >= 0.3 is 5.97 Å². The van der Waals surface area contributed by atoms with E-state index >= 15 is 0 Å². The number of carboxylic acid groups (broad SMARTS) is 1. The minimum Gasteiger partial charge on any atom is -0.478 e. The number of amides is 1. The van der Waals surface area contributed by atoms with Gasteiger partial charge in [-0.2, -0.15) is 11.8 Å². The Morgan fingerprint density at radius 1 is 1.62 bits per heavy atom. The topological polar surface area (TPSA) is 57.6 Å². The number of hydrogen-bond acceptors (Lipinski definition) is 3. The molecule has 1 N–H and O–H groups in total. The summed E-state index contributed by atoms with van der Waals surface area (Å²) in [7, 11) is 0. The first kappa shape index (κ1) is 10.1. The molecule has 5 heteroatoms. The maximum atomic E-state index is 11.1. The van der Waals surface area contributed by atoms with Gasteiger partial charge in [-0.15, -0.1) is 0 Å². The van der Waals surface area contributed by atoms with E-state index in [-0.39, 0.29) is 5.91 Å². The minimum atomic E-state index is -0.997. The van der Waals surface area contributed by atoms with Gasteiger partial charge < -0.3 is 10.0 Å². The van der Waals surface area contributed by atoms with Crippen LogP contribution in [-0.4, -0.2) is 39.9 Å². The van der Waals surface area contributed by atoms with Crippen molar-refractivity contribution in [1.29, 1.82) is 0 Å². The van der Waals surface area contributed by atoms with E-state index in [4.69, 9.17) is 5.11 Å². The van der Waals surface area contributed by atoms with Gasteiger partial charge in [0, 0.05) is 36.7 Å². The predicted molar refractivity (Wildman–Crippen MR) is 50.4 cm³/mol. The number of carbonyl (C=O) groups is 2. The van der Waals surface area contributed by atoms with Crippen molar-refractivity contribution in [2.75, 3.05) is 18.1 Å². The van der Waals surface area contributed by atoms with E-state index in [1.807, 2.05) is 0 Å². The first-order valence-electron chi connectivity index (χ1n) is 3.90. The Balaban J connectivity index is 2.78. The van der Waals surface area contributed by atoms with Crippen LogP contribution in [0.4, 0.5) is 0 Å². The monoisotopic (exact) mass is 201 g/mol. The molecule has 0 atom stereocenters. The minimum absolute atomic E-state index is 0.0900. The van der Waals surface area contributed by atoms with E-state index in [0.29, 0.717) is 18.0 Å². The fraction of sp³-hybridized carbons (Fsp3) is 0.500. The quantitative estimate of drug-likeness (QED) is 0.629. The summed E-state index contributed by atoms with van der Waals surface area (Å²) in [5.74, 6) is 0.388. The van der Waals surface area contributed by atoms with Crippen LogP contribution in [0.3, 0.4) is 0 Å². The molecule has 13 heavy (non-hydrogen) atoms. The fourth-order valence-corrected chi connectivity index (χ4v) is 2.08. The molecule has 0 aromatic carbocycles. The molecule has 0 unspecified atom stereocenters. The standard InChI is InChI=1S/C8H11NO3S/c1-6(10)9-2-3-13-5-7(9)4-8(11)12/h4H,2-3,5H2,1H3,(H,11,12)/b7-4-. The Morgan fingerprint density at radius 3 is 2.85 bits per heavy atom. The smallest absolute Gasteiger partial charge is 0.330 e. The van der Waals surface area contributed by atoms with E-state index in [0.717, 1.165) is 11.8 Å². The zero-order valence-corrected chi connectivity index (χ0v) is 8.13. The van der Waals surface area contributed by atoms with Crippen LogP contribution in [0.5, 0.6) is 0 Å². The molecule has 0 bridgehead atoms. The molecule has 0 aliphatic carbocycles. The number of carbonyl (C=O) groups excluding carboxylic acids is 1. The SMILES string of the molecule is CC(=O)N1CCSC/C1=C/C(=O)O. The highest BCUT2D eigenvalue weighted by Gasteiger charge is 2.19. The summed E-state index contributed by atoms with van der Waals surface area (Å²) in [6.45, 7) is 2.06. The number of carboxylic acids is 1. The highest BCUT2D eigenvalue weighted by Crippen LogP contribution is 2.19. The molecule has 1 rings (SSSR count). The Labute approximate surface area is 80.6 Å². The van der Waals surface area contributed by atoms with Crippen molar-refractivity contribution in [3.63, 3.8) is 0 Å². The second kappa shape index (κ2) is 4.32. The van der Waals surface area contributed by atoms with Gasteiger partial charge in [-0.25, -0.2) is 4.79 Å². The molecule has 1 amide bonds. The second-order valence-corrected chi connectivity index (χ2v) is 3.80. The average Bonchev–Trinajstić information content (AvgIpc) is 2.03. The van der Waals surface area contributed by atoms with Crippen molar-refractivity contribution in [2.45, 2.75) is 6.92 Å². The molecule has 1 aliphatic heterocycles. The van der Waals surface area contributed by atoms with Crippen molar-refractivity contribution in [1.82, 2.24) is 4.90 Å². The first-order valence-corrected chi connectivity index (χ1v) is 5.06. The van der Waals surface area contributed by atoms with E-state index in [2.05, 4.69) is 0 Å². The van der Waals surface area contributed by atoms with Gasteiger partial charge in [0.1, 0.15) is 0 Å². The van der Waals surface area contributed by atoms with Crippen molar-refractivity contribution in [3.05, 3.63) is 11.8 Å². The number of aliphatic carboxylic acids is 1. The second-order valence-electron chi connectivity index (χ2n) is 2.70. The average molecular weight is 201 g/mol. The van der Waals surface area contributed by atoms with Gasteiger partial charge in [-0.3, -0.25) is 4.79 Å². The van der Waals surface area contributed by atoms with Crippen LogP contribution >= 0.6 is 11.8 Å². The maximum Gasteiger partial charge on any atom is 0.330 e. The predicted octanol–water partition coefficient (Wildman–Crippen LogP) is 0.550. The molecule has 0 saturated carbocycles. The van der Waals surface area contributed by atoms with Gasteiger partial charge in [-0.05, 0) is 0 Å². The van der Waals surface area contributed by atoms with Crippen molar-refractivity contribution in [2.24, 2.45) is 0 Å². The fourth-order valence-electron chi connectivity index (χ4n) is 1.18. The summed E-state index contributed by atoms with van der Waals surface area (Å²) in [6, 6.07) is 0. The third kappa shape index (κ3) is 2.77. The molecule has 1 aliphatic rings. The number of nitrogens with zero attached hydrogens (tertiary/aromatic N) is 1. The van der Waals surface area contributed by atoms with Gasteiger partial charge in [-0.1, -0.05) is 0 Å². The van der Waals surface area contributed by atoms with E-state index in [9.17, 15) is 9.59 Å². The van der Waals surface area contributed by atoms with Crippen LogP contribution < -0.4 is 0 Å². The molecule has 1 heterocycles. The molecular weight excluding hydrogens is 190 g/mol. The molecule has 0 spiro atoms. The summed E-state index contributed by atoms with van der Waals surface area (Å²) in [4.78, 5) is 23.0. The third-order valence-corrected chi connectivity index (χ3v) is 2.70. The van der Waals surface area contributed by atoms with Crippen LogP contribution in [-0.2, 0) is 9.59 Å². The molecule has 0 aromatic heterocycles. The van der Waals surface area contributed by atoms with E-state index in [1.54, 1.807) is 11.8 Å². The van der Waals surface area contributed by atoms with Crippen LogP contribution in [0, 0.1) is 0 Å². The molecule has 0 aromatic rings. The maximum absolute atomic E-state index is 11.1. The molecule has 4 nitrogen and oxygen atoms in total. The molecule has 1 saturated heterocycles. The molecule has 72 valence electrons. The Bertz CT molecular complexity index is 262. The lowest BCUT2D eigenvalue weighted by atomic mass is 10.3. The van der Waals surface area contributed by atoms with Gasteiger partial charge in [0.15, 0.2) is 0 Å². The van der Waals surface area contributed by atoms with Gasteiger partial charge in [0.2, 0.25) is 5.91 Å². The van der Waals surface area contributed by atoms with Crippen molar-refractivity contribution in [3.8, 4) is 0 Å². The lowest BCUT2D eigenvalue weighted by Crippen LogP contribution is -2.34. The molecule has 0 radical (unpaired) electrons. The highest BCUT2D eigenvalue weighted by atomic mass is 32.2. The van der Waals surface area contributed by atoms with Gasteiger partial charge in [0.25, 0.3) is 0 Å². The zero-order chi connectivity index (χ0) is 9.84. The van der Waals surface area contributed by atoms with Crippen molar-refractivity contribution >= 4 is 23.6 Å². The Morgan fingerprint density at radius 2 is 2.31 bits per heavy atom. The number of hydrogen-bond donors (Lipinski definition) is 1. The Hall–Kier alpha value is -0.970. The lowest BCUT2D eigenvalue weighted by Gasteiger charge is -2.27. The van der Waals surface area contributed by atoms with E-state index < -0.39 is 5.97 Å². The summed E-state index contributed by atoms with van der Waals surface area (Å²) in [5, 5.41) is 8.54. The zero-order valence-electron chi connectivity index (χ0n) is 7.32. The van der Waals surface area contributed by atoms with Crippen LogP contribution in [0.15, 0.2) is 11.8 Å². The number of rotatable bonds is 1. The van der Waals surface area contributed by atoms with Crippen molar-refractivity contribution < 1.29 is 14.7 Å². The third-order valence-electron chi connectivity index (χ3n) is 1.73. The normalized spacial score (nSPS) is 20.4. The first-order chi connectivity index (χ1) is 6.11. The molecule has 1 fully saturated rings. The van der Waals surface area contributed by atoms with Gasteiger partial charge in [0.05, 0.1) is 0 Å². The Kier molecular flexibility index (Phi) is 3.36. The van der Waals surface area contributed by atoms with Crippen LogP contribution in [0.25, 0.3) is 0 Å². The largest absolute Gasteiger partial charge is 0.478 e. The lowest BCUT2D eigenvalue weighted by molar-refractivity contribution is -0.131. The number of thioether (sulfide) groups is 1. The molecular formula is C8H11NO3S. The highest BCUT2D eigenvalue weighted by molar-refractivity contribution is 7.99. The summed E-state index contributed by atoms with van der Waals surface area (Å²) >= 11 is 1.64.